The van der Waals surface area contributed by atoms with E-state index >= 15 is 0 Å². The van der Waals surface area contributed by atoms with Gasteiger partial charge in [0, 0.05) is 43.9 Å². The summed E-state index contributed by atoms with van der Waals surface area (Å²) in [5.74, 6) is -0.519. The Balaban J connectivity index is 1.51. The lowest BCUT2D eigenvalue weighted by Gasteiger charge is -2.38. The minimum Gasteiger partial charge on any atom is -0.465 e. The molecule has 0 spiro atoms. The number of carbonyl (C=O) groups excluding carboxylic acids is 2. The summed E-state index contributed by atoms with van der Waals surface area (Å²) in [5.41, 5.74) is 8.27. The number of aromatic nitrogens is 1. The molecule has 33 heavy (non-hydrogen) atoms. The summed E-state index contributed by atoms with van der Waals surface area (Å²) in [6.45, 7) is 2.40. The first-order chi connectivity index (χ1) is 15.9. The number of primary amides is 1. The number of nitrogens with zero attached hydrogens (tertiary/aromatic N) is 3. The van der Waals surface area contributed by atoms with Gasteiger partial charge in [-0.3, -0.25) is 14.6 Å². The first-order valence-electron chi connectivity index (χ1n) is 11.5. The number of nitrogens with two attached hydrogens (primary N) is 1. The highest BCUT2D eigenvalue weighted by molar-refractivity contribution is 5.94. The van der Waals surface area contributed by atoms with Gasteiger partial charge in [-0.15, -0.1) is 0 Å². The number of aryl methyl sites for hydroxylation is 1. The van der Waals surface area contributed by atoms with Crippen molar-refractivity contribution >= 4 is 17.9 Å². The van der Waals surface area contributed by atoms with Crippen LogP contribution in [0, 0.1) is 5.92 Å². The third-order valence-electron chi connectivity index (χ3n) is 6.87. The van der Waals surface area contributed by atoms with Gasteiger partial charge in [-0.05, 0) is 67.3 Å². The van der Waals surface area contributed by atoms with Crippen LogP contribution in [-0.2, 0) is 6.42 Å². The van der Waals surface area contributed by atoms with Gasteiger partial charge in [-0.25, -0.2) is 4.79 Å². The fraction of sp³-hybridized carbons (Fsp3) is 0.440. The van der Waals surface area contributed by atoms with Gasteiger partial charge in [0.15, 0.2) is 0 Å². The van der Waals surface area contributed by atoms with E-state index in [0.717, 1.165) is 49.9 Å². The van der Waals surface area contributed by atoms with E-state index in [1.807, 2.05) is 35.2 Å². The van der Waals surface area contributed by atoms with E-state index in [1.165, 1.54) is 11.1 Å². The highest BCUT2D eigenvalue weighted by Crippen LogP contribution is 2.36. The van der Waals surface area contributed by atoms with E-state index in [0.29, 0.717) is 25.1 Å². The smallest absolute Gasteiger partial charge is 0.407 e. The molecule has 8 heteroatoms. The number of rotatable bonds is 6. The summed E-state index contributed by atoms with van der Waals surface area (Å²) in [6.07, 6.45) is 4.95. The number of piperidine rings is 1. The van der Waals surface area contributed by atoms with Crippen LogP contribution in [0.15, 0.2) is 42.6 Å². The molecular formula is C25H30N4O4. The Labute approximate surface area is 193 Å². The van der Waals surface area contributed by atoms with Gasteiger partial charge in [-0.2, -0.15) is 0 Å². The van der Waals surface area contributed by atoms with Crippen LogP contribution < -0.4 is 5.73 Å². The number of benzene rings is 1. The summed E-state index contributed by atoms with van der Waals surface area (Å²) in [6, 6.07) is 11.4. The normalized spacial score (nSPS) is 20.6. The minimum absolute atomic E-state index is 0.0865. The lowest BCUT2D eigenvalue weighted by Crippen LogP contribution is -2.42. The Kier molecular flexibility index (Phi) is 6.91. The number of hydrogen-bond acceptors (Lipinski definition) is 4. The van der Waals surface area contributed by atoms with E-state index < -0.39 is 12.0 Å². The van der Waals surface area contributed by atoms with E-state index in [1.54, 1.807) is 6.07 Å². The lowest BCUT2D eigenvalue weighted by molar-refractivity contribution is 0.0792. The van der Waals surface area contributed by atoms with Gasteiger partial charge < -0.3 is 20.6 Å². The van der Waals surface area contributed by atoms with Crippen LogP contribution in [-0.4, -0.2) is 64.0 Å². The molecule has 2 saturated heterocycles. The van der Waals surface area contributed by atoms with Gasteiger partial charge in [0.05, 0.1) is 0 Å². The summed E-state index contributed by atoms with van der Waals surface area (Å²) >= 11 is 0. The van der Waals surface area contributed by atoms with Crippen LogP contribution in [0.3, 0.4) is 0 Å². The van der Waals surface area contributed by atoms with Crippen molar-refractivity contribution in [3.63, 3.8) is 0 Å². The molecule has 2 aliphatic heterocycles. The zero-order valence-electron chi connectivity index (χ0n) is 18.7. The van der Waals surface area contributed by atoms with Crippen molar-refractivity contribution in [1.82, 2.24) is 14.8 Å². The summed E-state index contributed by atoms with van der Waals surface area (Å²) < 4.78 is 0. The number of carboxylic acid groups (broad SMARTS) is 1. The maximum atomic E-state index is 12.8. The van der Waals surface area contributed by atoms with Crippen molar-refractivity contribution in [2.75, 3.05) is 26.2 Å². The molecule has 3 amide bonds. The Hall–Kier alpha value is -3.42. The van der Waals surface area contributed by atoms with E-state index in [4.69, 9.17) is 5.73 Å². The average molecular weight is 451 g/mol. The molecule has 174 valence electrons. The predicted octanol–water partition coefficient (Wildman–Crippen LogP) is 3.13. The monoisotopic (exact) mass is 450 g/mol. The molecular weight excluding hydrogens is 420 g/mol. The molecule has 1 aromatic heterocycles. The Morgan fingerprint density at radius 3 is 2.58 bits per heavy atom. The molecule has 0 aliphatic carbocycles. The van der Waals surface area contributed by atoms with Crippen LogP contribution >= 0.6 is 0 Å². The van der Waals surface area contributed by atoms with E-state index in [-0.39, 0.29) is 23.4 Å². The molecule has 2 aliphatic rings. The number of pyridine rings is 1. The molecule has 4 rings (SSSR count). The van der Waals surface area contributed by atoms with Gasteiger partial charge >= 0.3 is 6.09 Å². The molecule has 3 N–H and O–H groups in total. The lowest BCUT2D eigenvalue weighted by atomic mass is 9.77. The van der Waals surface area contributed by atoms with Crippen LogP contribution in [0.2, 0.25) is 0 Å². The van der Waals surface area contributed by atoms with Crippen LogP contribution in [0.1, 0.15) is 63.6 Å². The second kappa shape index (κ2) is 10.0. The summed E-state index contributed by atoms with van der Waals surface area (Å²) in [4.78, 5) is 43.8. The van der Waals surface area contributed by atoms with Crippen LogP contribution in [0.4, 0.5) is 4.79 Å². The first-order valence-corrected chi connectivity index (χ1v) is 11.5. The third kappa shape index (κ3) is 5.16. The largest absolute Gasteiger partial charge is 0.465 e. The Morgan fingerprint density at radius 1 is 1.06 bits per heavy atom. The summed E-state index contributed by atoms with van der Waals surface area (Å²) in [7, 11) is 0. The van der Waals surface area contributed by atoms with Gasteiger partial charge in [0.2, 0.25) is 0 Å². The van der Waals surface area contributed by atoms with E-state index in [2.05, 4.69) is 4.98 Å². The number of carbonyl (C=O) groups is 3. The van der Waals surface area contributed by atoms with Gasteiger partial charge in [0.1, 0.15) is 5.69 Å². The molecule has 2 aromatic rings. The van der Waals surface area contributed by atoms with Gasteiger partial charge in [-0.1, -0.05) is 18.2 Å². The highest BCUT2D eigenvalue weighted by atomic mass is 16.4. The average Bonchev–Trinajstić information content (AvgIpc) is 3.37. The van der Waals surface area contributed by atoms with E-state index in [9.17, 15) is 19.5 Å². The van der Waals surface area contributed by atoms with Crippen molar-refractivity contribution in [1.29, 1.82) is 0 Å². The van der Waals surface area contributed by atoms with Crippen molar-refractivity contribution in [3.05, 3.63) is 65.0 Å². The number of hydrogen-bond donors (Lipinski definition) is 2. The molecule has 0 radical (unpaired) electrons. The number of likely N-dealkylation sites (tertiary alicyclic amines) is 2. The second-order valence-electron chi connectivity index (χ2n) is 8.93. The number of amides is 3. The Morgan fingerprint density at radius 2 is 1.85 bits per heavy atom. The zero-order chi connectivity index (χ0) is 23.4. The third-order valence-corrected chi connectivity index (χ3v) is 6.87. The second-order valence-corrected chi connectivity index (χ2v) is 8.93. The molecule has 0 saturated carbocycles. The molecule has 2 unspecified atom stereocenters. The standard InChI is InChI=1S/C25H30N4O4/c26-23(30)22-20(7-4-11-27-22)21-16-29(25(32)33)14-10-18(21)9-8-17-5-3-6-19(15-17)24(31)28-12-1-2-13-28/h3-7,11,15,18,21H,1-2,8-10,12-14,16H2,(H2,26,30)(H,32,33). The molecule has 1 aromatic carbocycles. The van der Waals surface area contributed by atoms with Crippen LogP contribution in [0.5, 0.6) is 0 Å². The molecule has 2 fully saturated rings. The first kappa shape index (κ1) is 22.8. The fourth-order valence-corrected chi connectivity index (χ4v) is 5.11. The van der Waals surface area contributed by atoms with Gasteiger partial charge in [0.25, 0.3) is 11.8 Å². The Bertz CT molecular complexity index is 1030. The van der Waals surface area contributed by atoms with Crippen molar-refractivity contribution in [3.8, 4) is 0 Å². The maximum Gasteiger partial charge on any atom is 0.407 e. The van der Waals surface area contributed by atoms with Crippen LogP contribution in [0.25, 0.3) is 0 Å². The quantitative estimate of drug-likeness (QED) is 0.701. The molecule has 0 bridgehead atoms. The topological polar surface area (TPSA) is 117 Å². The predicted molar refractivity (Wildman–Crippen MR) is 123 cm³/mol. The molecule has 3 heterocycles. The maximum absolute atomic E-state index is 12.8. The molecule has 8 nitrogen and oxygen atoms in total. The minimum atomic E-state index is -0.962. The zero-order valence-corrected chi connectivity index (χ0v) is 18.7. The molecule has 2 atom stereocenters. The SMILES string of the molecule is NC(=O)c1ncccc1C1CN(C(=O)O)CCC1CCc1cccc(C(=O)N2CCCC2)c1. The fourth-order valence-electron chi connectivity index (χ4n) is 5.11. The van der Waals surface area contributed by atoms with Crippen molar-refractivity contribution in [2.45, 2.75) is 38.0 Å². The summed E-state index contributed by atoms with van der Waals surface area (Å²) in [5, 5.41) is 9.53. The van der Waals surface area contributed by atoms with Crippen molar-refractivity contribution < 1.29 is 19.5 Å². The van der Waals surface area contributed by atoms with Crippen molar-refractivity contribution in [2.24, 2.45) is 11.7 Å². The highest BCUT2D eigenvalue weighted by Gasteiger charge is 2.34.